The predicted molar refractivity (Wildman–Crippen MR) is 438 cm³/mol. The normalized spacial score (nSPS) is 29.0. The molecule has 50 heteroatoms. The number of nitrogens with zero attached hydrogens (tertiary/aromatic N) is 17. The molecule has 125 heavy (non-hydrogen) atoms. The monoisotopic (exact) mass is 1760 g/mol. The molecule has 6 unspecified atom stereocenters. The molecule has 10 aromatic rings. The SMILES string of the molecule is COC[C@H]1O[C@@H](n2cc(C)c(=O)[nH]c2=O)CC1OC.COC[C@H]1O[C@@H](n2ccc(N)nc2=O)CC1OC.COC[C@H]1O[C@@H](n2cnc3c(=O)[nH]c(N)nc32)CC1OC.COC[C@H]1O[C@@H](n2cnc3c(N)ncnc32)CC1OC.COC[C@]12CCO[C@@H](C1OC)[C@H](n1cnc3c(=O)[nH]c(N)nc31)O2.COC[C@]12CCO[C@@H](C1OC)[C@H](n1cnc3c(N)ncnc31)O2. The molecule has 0 aromatic carbocycles. The molecule has 8 fully saturated rings. The number of nitrogen functional groups attached to an aromatic ring is 5. The van der Waals surface area contributed by atoms with Crippen molar-refractivity contribution in [2.45, 2.75) is 167 Å². The molecule has 4 bridgehead atoms. The summed E-state index contributed by atoms with van der Waals surface area (Å²) in [5.41, 5.74) is 29.2. The maximum Gasteiger partial charge on any atom is 0.351 e. The van der Waals surface area contributed by atoms with Crippen LogP contribution >= 0.6 is 0 Å². The highest BCUT2D eigenvalue weighted by molar-refractivity contribution is 5.82. The van der Waals surface area contributed by atoms with Gasteiger partial charge in [-0.1, -0.05) is 0 Å². The largest absolute Gasteiger partial charge is 0.383 e. The van der Waals surface area contributed by atoms with Gasteiger partial charge in [-0.3, -0.25) is 56.7 Å². The number of anilines is 5. The van der Waals surface area contributed by atoms with Crippen molar-refractivity contribution in [1.82, 2.24) is 97.2 Å². The average Bonchev–Trinajstić information content (AvgIpc) is 1.58. The molecule has 0 amide bonds. The number of nitrogens with two attached hydrogens (primary N) is 5. The molecule has 8 saturated heterocycles. The van der Waals surface area contributed by atoms with Gasteiger partial charge in [0.1, 0.15) is 114 Å². The van der Waals surface area contributed by atoms with Gasteiger partial charge in [0.15, 0.2) is 57.7 Å². The van der Waals surface area contributed by atoms with E-state index in [1.54, 1.807) is 126 Å². The van der Waals surface area contributed by atoms with Crippen LogP contribution in [0.4, 0.5) is 29.4 Å². The first kappa shape index (κ1) is 92.2. The Morgan fingerprint density at radius 2 is 0.800 bits per heavy atom. The van der Waals surface area contributed by atoms with Crippen LogP contribution in [0.1, 0.15) is 81.5 Å². The van der Waals surface area contributed by atoms with Gasteiger partial charge < -0.3 is 123 Å². The Kier molecular flexibility index (Phi) is 30.2. The van der Waals surface area contributed by atoms with Crippen molar-refractivity contribution in [3.63, 3.8) is 0 Å². The zero-order valence-electron chi connectivity index (χ0n) is 71.2. The van der Waals surface area contributed by atoms with E-state index in [9.17, 15) is 24.0 Å². The Balaban J connectivity index is 0.000000129. The van der Waals surface area contributed by atoms with Crippen molar-refractivity contribution in [3.05, 3.63) is 114 Å². The molecular formula is C75H107N25O25. The molecule has 8 aliphatic heterocycles. The third-order valence-electron chi connectivity index (χ3n) is 22.6. The Hall–Kier alpha value is -10.4. The maximum atomic E-state index is 12.0. The molecular weight excluding hydrogens is 1650 g/mol. The first-order valence-electron chi connectivity index (χ1n) is 39.7. The van der Waals surface area contributed by atoms with Crippen molar-refractivity contribution in [3.8, 4) is 0 Å². The number of imidazole rings is 4. The van der Waals surface area contributed by atoms with E-state index in [2.05, 4.69) is 69.8 Å². The highest BCUT2D eigenvalue weighted by Gasteiger charge is 2.61. The van der Waals surface area contributed by atoms with Crippen LogP contribution in [0, 0.1) is 6.92 Å². The number of aromatic amines is 3. The lowest BCUT2D eigenvalue weighted by molar-refractivity contribution is -0.159. The summed E-state index contributed by atoms with van der Waals surface area (Å²) in [6.07, 6.45) is 11.6. The standard InChI is InChI=1S/C14H19N5O5.C14H19N5O4.C12H17N5O4.C12H17N5O3.C12H18N2O5.C11H17N3O4/c1-21-5-14-3-4-23-8(9(14)22-2)12(24-14)19-6-16-7-10(19)17-13(15)18-11(7)20;1-20-5-14-3-4-22-9(10(14)21-2)13(23-14)19-7-18-8-11(15)16-6-17-12(8)19;1-19-4-7-6(20-2)3-8(21-7)17-5-14-9-10(17)15-12(13)16-11(9)18;1-18-4-8-7(19-2)3-9(20-8)17-6-16-10-11(13)14-5-15-12(10)17;1-7-5-14(12(16)13-11(7)15)10-4-8(18-3)9(19-10)6-17-2;1-16-6-8-7(17-2)5-10(18-8)14-4-3-9(12)13-11(14)15/h6,8-9,12H,3-5H2,1-2H3,(H3,15,17,18,20);6-7,9-10,13H,3-5H2,1-2H3,(H2,15,16,17);5-8H,3-4H2,1-2H3,(H3,13,15,16,18);5-9H,3-4H2,1-2H3,(H2,13,14,15);5,8-10H,4,6H2,1-3H3,(H,13,15,16);3-4,7-8,10H,5-6H2,1-2H3,(H2,12,13,15)/t8-,9?,12+,14+;9-,10?,13+,14+;6?,7-,8-;7?,8-,9-;8?,9-,10-;7?,8-,10-/m001111/s1. The lowest BCUT2D eigenvalue weighted by Crippen LogP contribution is -2.52. The Morgan fingerprint density at radius 1 is 0.424 bits per heavy atom. The van der Waals surface area contributed by atoms with Gasteiger partial charge in [0.25, 0.3) is 16.7 Å². The summed E-state index contributed by atoms with van der Waals surface area (Å²) in [7, 11) is 19.5. The van der Waals surface area contributed by atoms with Crippen LogP contribution < -0.4 is 56.7 Å². The fraction of sp³-hybridized carbons (Fsp3) is 0.627. The lowest BCUT2D eigenvalue weighted by atomic mass is 9.90. The highest BCUT2D eigenvalue weighted by Crippen LogP contribution is 2.49. The minimum Gasteiger partial charge on any atom is -0.383 e. The number of aromatic nitrogens is 20. The van der Waals surface area contributed by atoms with Gasteiger partial charge in [0.2, 0.25) is 11.9 Å². The van der Waals surface area contributed by atoms with Gasteiger partial charge in [-0.2, -0.15) is 15.0 Å². The molecule has 20 atom stereocenters. The molecule has 10 aromatic heterocycles. The molecule has 13 N–H and O–H groups in total. The average molecular weight is 1760 g/mol. The van der Waals surface area contributed by atoms with Crippen molar-refractivity contribution in [2.24, 2.45) is 0 Å². The van der Waals surface area contributed by atoms with Crippen molar-refractivity contribution >= 4 is 74.0 Å². The third-order valence-corrected chi connectivity index (χ3v) is 22.6. The Labute approximate surface area is 711 Å². The fourth-order valence-corrected chi connectivity index (χ4v) is 16.7. The van der Waals surface area contributed by atoms with Crippen molar-refractivity contribution in [1.29, 1.82) is 0 Å². The van der Waals surface area contributed by atoms with E-state index in [-0.39, 0.29) is 126 Å². The second kappa shape index (κ2) is 40.9. The molecule has 0 spiro atoms. The number of ether oxygens (including phenoxy) is 20. The van der Waals surface area contributed by atoms with Crippen LogP contribution in [0.15, 0.2) is 80.4 Å². The third kappa shape index (κ3) is 19.3. The Morgan fingerprint density at radius 3 is 1.20 bits per heavy atom. The minimum atomic E-state index is -0.611. The zero-order valence-corrected chi connectivity index (χ0v) is 71.2. The van der Waals surface area contributed by atoms with E-state index in [0.29, 0.717) is 142 Å². The topological polar surface area (TPSA) is 619 Å². The number of aryl methyl sites for hydroxylation is 1. The summed E-state index contributed by atoms with van der Waals surface area (Å²) < 4.78 is 122. The Bertz CT molecular complexity index is 5560. The first-order chi connectivity index (χ1) is 60.4. The second-order valence-corrected chi connectivity index (χ2v) is 30.1. The highest BCUT2D eigenvalue weighted by atomic mass is 16.7. The molecule has 18 heterocycles. The minimum absolute atomic E-state index is 0.0171. The summed E-state index contributed by atoms with van der Waals surface area (Å²) in [6, 6.07) is 1.57. The van der Waals surface area contributed by atoms with Gasteiger partial charge in [0, 0.05) is 142 Å². The zero-order chi connectivity index (χ0) is 89.1. The van der Waals surface area contributed by atoms with Gasteiger partial charge in [-0.05, 0) is 13.0 Å². The summed E-state index contributed by atoms with van der Waals surface area (Å²) in [5, 5.41) is 0. The van der Waals surface area contributed by atoms with Gasteiger partial charge in [-0.25, -0.2) is 49.5 Å². The molecule has 0 radical (unpaired) electrons. The van der Waals surface area contributed by atoms with E-state index < -0.39 is 53.1 Å². The van der Waals surface area contributed by atoms with Crippen LogP contribution in [-0.2, 0) is 94.7 Å². The smallest absolute Gasteiger partial charge is 0.351 e. The van der Waals surface area contributed by atoms with Crippen LogP contribution in [0.2, 0.25) is 0 Å². The van der Waals surface area contributed by atoms with E-state index in [1.807, 2.05) is 9.13 Å². The second-order valence-electron chi connectivity index (χ2n) is 30.1. The summed E-state index contributed by atoms with van der Waals surface area (Å²) in [4.78, 5) is 111. The van der Waals surface area contributed by atoms with Gasteiger partial charge >= 0.3 is 11.4 Å². The first-order valence-corrected chi connectivity index (χ1v) is 39.7. The van der Waals surface area contributed by atoms with Crippen molar-refractivity contribution < 1.29 is 94.7 Å². The number of fused-ring (bicyclic) bond motifs is 8. The van der Waals surface area contributed by atoms with Gasteiger partial charge in [-0.15, -0.1) is 0 Å². The predicted octanol–water partition coefficient (Wildman–Crippen LogP) is -0.877. The lowest BCUT2D eigenvalue weighted by Gasteiger charge is -2.37. The van der Waals surface area contributed by atoms with Crippen LogP contribution in [0.25, 0.3) is 44.7 Å². The van der Waals surface area contributed by atoms with Crippen molar-refractivity contribution in [2.75, 3.05) is 167 Å². The van der Waals surface area contributed by atoms with E-state index in [0.717, 1.165) is 0 Å². The van der Waals surface area contributed by atoms with E-state index in [1.165, 1.54) is 40.6 Å². The quantitative estimate of drug-likeness (QED) is 0.0364. The number of rotatable bonds is 24. The van der Waals surface area contributed by atoms with Crippen LogP contribution in [-0.4, -0.2) is 320 Å². The molecule has 0 saturated carbocycles. The van der Waals surface area contributed by atoms with E-state index >= 15 is 0 Å². The number of hydrogen-bond donors (Lipinski definition) is 8. The summed E-state index contributed by atoms with van der Waals surface area (Å²) in [5.74, 6) is 0.968. The van der Waals surface area contributed by atoms with Crippen LogP contribution in [0.3, 0.4) is 0 Å². The number of nitrogens with one attached hydrogen (secondary N) is 3. The summed E-state index contributed by atoms with van der Waals surface area (Å²) in [6.45, 7) is 5.32. The summed E-state index contributed by atoms with van der Waals surface area (Å²) >= 11 is 0. The maximum absolute atomic E-state index is 12.0. The number of methoxy groups -OCH3 is 12. The molecule has 50 nitrogen and oxygen atoms in total. The fourth-order valence-electron chi connectivity index (χ4n) is 16.7. The molecule has 0 aliphatic carbocycles. The molecule has 18 rings (SSSR count). The van der Waals surface area contributed by atoms with Crippen LogP contribution in [0.5, 0.6) is 0 Å². The molecule has 8 aliphatic rings. The van der Waals surface area contributed by atoms with Gasteiger partial charge in [0.05, 0.1) is 103 Å². The number of hydrogen-bond acceptors (Lipinski definition) is 41. The molecule has 682 valence electrons. The number of H-pyrrole nitrogens is 3. The van der Waals surface area contributed by atoms with E-state index in [4.69, 9.17) is 123 Å².